The summed E-state index contributed by atoms with van der Waals surface area (Å²) in [6.07, 6.45) is 1.42. The van der Waals surface area contributed by atoms with Crippen LogP contribution in [0.3, 0.4) is 0 Å². The van der Waals surface area contributed by atoms with E-state index in [0.29, 0.717) is 22.6 Å². The zero-order valence-corrected chi connectivity index (χ0v) is 19.9. The number of carbonyl (C=O) groups excluding carboxylic acids is 2. The maximum Gasteiger partial charge on any atom is 0.343 e. The number of hydrogen-bond donors (Lipinski definition) is 1. The average Bonchev–Trinajstić information content (AvgIpc) is 2.84. The minimum atomic E-state index is -0.470. The molecule has 1 amide bonds. The largest absolute Gasteiger partial charge is 0.484 e. The molecule has 0 aromatic heterocycles. The first-order valence-corrected chi connectivity index (χ1v) is 11.3. The second-order valence-electron chi connectivity index (χ2n) is 7.48. The highest BCUT2D eigenvalue weighted by Crippen LogP contribution is 2.23. The van der Waals surface area contributed by atoms with E-state index >= 15 is 0 Å². The van der Waals surface area contributed by atoms with E-state index in [2.05, 4.69) is 26.5 Å². The topological polar surface area (TPSA) is 77.0 Å². The van der Waals surface area contributed by atoms with E-state index in [4.69, 9.17) is 9.47 Å². The maximum atomic E-state index is 12.6. The van der Waals surface area contributed by atoms with E-state index in [0.717, 1.165) is 20.8 Å². The summed E-state index contributed by atoms with van der Waals surface area (Å²) >= 11 is 3.40. The second kappa shape index (κ2) is 10.8. The third-order valence-electron chi connectivity index (χ3n) is 5.02. The van der Waals surface area contributed by atoms with Gasteiger partial charge in [0.25, 0.3) is 5.91 Å². The van der Waals surface area contributed by atoms with Gasteiger partial charge in [0.05, 0.1) is 11.8 Å². The van der Waals surface area contributed by atoms with Gasteiger partial charge in [0.2, 0.25) is 0 Å². The predicted octanol–water partition coefficient (Wildman–Crippen LogP) is 5.66. The van der Waals surface area contributed by atoms with E-state index in [1.54, 1.807) is 30.3 Å². The number of amides is 1. The lowest BCUT2D eigenvalue weighted by atomic mass is 10.1. The van der Waals surface area contributed by atoms with Crippen LogP contribution in [-0.4, -0.2) is 24.7 Å². The lowest BCUT2D eigenvalue weighted by Crippen LogP contribution is -2.24. The quantitative estimate of drug-likeness (QED) is 0.149. The molecule has 170 valence electrons. The predicted molar refractivity (Wildman–Crippen MR) is 135 cm³/mol. The first-order chi connectivity index (χ1) is 16.5. The molecule has 0 bridgehead atoms. The lowest BCUT2D eigenvalue weighted by Gasteiger charge is -2.09. The van der Waals surface area contributed by atoms with Crippen LogP contribution in [0, 0.1) is 6.92 Å². The summed E-state index contributed by atoms with van der Waals surface area (Å²) in [6.45, 7) is 1.65. The van der Waals surface area contributed by atoms with Gasteiger partial charge in [-0.1, -0.05) is 64.5 Å². The molecule has 0 atom stereocenters. The summed E-state index contributed by atoms with van der Waals surface area (Å²) in [5.41, 5.74) is 4.25. The van der Waals surface area contributed by atoms with Gasteiger partial charge in [0, 0.05) is 10.0 Å². The van der Waals surface area contributed by atoms with Crippen molar-refractivity contribution in [3.63, 3.8) is 0 Å². The van der Waals surface area contributed by atoms with Crippen molar-refractivity contribution in [1.82, 2.24) is 5.43 Å². The van der Waals surface area contributed by atoms with Crippen molar-refractivity contribution in [3.05, 3.63) is 106 Å². The molecule has 0 aliphatic rings. The van der Waals surface area contributed by atoms with Crippen LogP contribution in [0.4, 0.5) is 0 Å². The first kappa shape index (κ1) is 23.2. The molecule has 0 heterocycles. The van der Waals surface area contributed by atoms with E-state index in [9.17, 15) is 9.59 Å². The van der Waals surface area contributed by atoms with Crippen LogP contribution < -0.4 is 14.9 Å². The number of nitrogens with one attached hydrogen (secondary N) is 1. The van der Waals surface area contributed by atoms with Crippen molar-refractivity contribution in [1.29, 1.82) is 0 Å². The molecule has 4 aromatic carbocycles. The van der Waals surface area contributed by atoms with Crippen molar-refractivity contribution in [2.75, 3.05) is 6.61 Å². The van der Waals surface area contributed by atoms with Crippen LogP contribution in [0.2, 0.25) is 0 Å². The molecule has 0 saturated carbocycles. The fraction of sp³-hybridized carbons (Fsp3) is 0.0741. The molecular weight excluding hydrogens is 496 g/mol. The molecule has 34 heavy (non-hydrogen) atoms. The van der Waals surface area contributed by atoms with Crippen molar-refractivity contribution >= 4 is 44.8 Å². The van der Waals surface area contributed by atoms with Gasteiger partial charge in [0.1, 0.15) is 11.5 Å². The van der Waals surface area contributed by atoms with Gasteiger partial charge in [-0.2, -0.15) is 5.10 Å². The summed E-state index contributed by atoms with van der Waals surface area (Å²) < 4.78 is 11.9. The number of esters is 1. The molecule has 0 aliphatic carbocycles. The minimum absolute atomic E-state index is 0.191. The Morgan fingerprint density at radius 2 is 1.71 bits per heavy atom. The van der Waals surface area contributed by atoms with E-state index < -0.39 is 11.9 Å². The van der Waals surface area contributed by atoms with Gasteiger partial charge in [-0.05, 0) is 59.7 Å². The second-order valence-corrected chi connectivity index (χ2v) is 8.39. The fourth-order valence-electron chi connectivity index (χ4n) is 3.28. The standard InChI is InChI=1S/C27H21BrN2O4/c1-18-6-2-5-9-24(18)27(32)34-25-13-11-22(28)14-21(25)16-29-30-26(31)17-33-23-12-10-19-7-3-4-8-20(19)15-23/h2-16H,17H2,1H3,(H,30,31)/b29-16+. The summed E-state index contributed by atoms with van der Waals surface area (Å²) in [4.78, 5) is 24.8. The number of nitrogens with zero attached hydrogens (tertiary/aromatic N) is 1. The number of aryl methyl sites for hydroxylation is 1. The molecule has 4 rings (SSSR count). The highest BCUT2D eigenvalue weighted by molar-refractivity contribution is 9.10. The van der Waals surface area contributed by atoms with E-state index in [1.807, 2.05) is 61.5 Å². The molecule has 0 unspecified atom stereocenters. The number of ether oxygens (including phenoxy) is 2. The van der Waals surface area contributed by atoms with E-state index in [-0.39, 0.29) is 6.61 Å². The lowest BCUT2D eigenvalue weighted by molar-refractivity contribution is -0.123. The molecule has 0 fully saturated rings. The van der Waals surface area contributed by atoms with Crippen LogP contribution in [0.25, 0.3) is 10.8 Å². The Hall–Kier alpha value is -3.97. The van der Waals surface area contributed by atoms with Crippen LogP contribution in [0.15, 0.2) is 94.5 Å². The van der Waals surface area contributed by atoms with Crippen LogP contribution >= 0.6 is 15.9 Å². The summed E-state index contributed by atoms with van der Waals surface area (Å²) in [5, 5.41) is 6.11. The van der Waals surface area contributed by atoms with Crippen molar-refractivity contribution < 1.29 is 19.1 Å². The van der Waals surface area contributed by atoms with Gasteiger partial charge < -0.3 is 9.47 Å². The number of hydrazone groups is 1. The number of carbonyl (C=O) groups is 2. The molecule has 0 spiro atoms. The van der Waals surface area contributed by atoms with E-state index in [1.165, 1.54) is 6.21 Å². The summed E-state index contributed by atoms with van der Waals surface area (Å²) in [6, 6.07) is 25.9. The molecule has 1 N–H and O–H groups in total. The summed E-state index contributed by atoms with van der Waals surface area (Å²) in [5.74, 6) is 0.0258. The monoisotopic (exact) mass is 516 g/mol. The average molecular weight is 517 g/mol. The number of hydrogen-bond acceptors (Lipinski definition) is 5. The normalized spacial score (nSPS) is 10.9. The zero-order valence-electron chi connectivity index (χ0n) is 18.3. The van der Waals surface area contributed by atoms with Gasteiger partial charge in [-0.3, -0.25) is 4.79 Å². The van der Waals surface area contributed by atoms with Crippen molar-refractivity contribution in [2.24, 2.45) is 5.10 Å². The van der Waals surface area contributed by atoms with Crippen molar-refractivity contribution in [2.45, 2.75) is 6.92 Å². The fourth-order valence-corrected chi connectivity index (χ4v) is 3.66. The van der Waals surface area contributed by atoms with Gasteiger partial charge in [0.15, 0.2) is 6.61 Å². The number of halogens is 1. The highest BCUT2D eigenvalue weighted by atomic mass is 79.9. The zero-order chi connectivity index (χ0) is 23.9. The molecule has 0 aliphatic heterocycles. The minimum Gasteiger partial charge on any atom is -0.484 e. The Morgan fingerprint density at radius 1 is 0.941 bits per heavy atom. The van der Waals surface area contributed by atoms with Gasteiger partial charge >= 0.3 is 5.97 Å². The Labute approximate surface area is 205 Å². The Morgan fingerprint density at radius 3 is 2.53 bits per heavy atom. The molecule has 7 heteroatoms. The van der Waals surface area contributed by atoms with Crippen LogP contribution in [0.5, 0.6) is 11.5 Å². The van der Waals surface area contributed by atoms with Gasteiger partial charge in [-0.15, -0.1) is 0 Å². The first-order valence-electron chi connectivity index (χ1n) is 10.5. The van der Waals surface area contributed by atoms with Crippen LogP contribution in [0.1, 0.15) is 21.5 Å². The highest BCUT2D eigenvalue weighted by Gasteiger charge is 2.13. The molecule has 6 nitrogen and oxygen atoms in total. The molecule has 0 radical (unpaired) electrons. The number of benzene rings is 4. The Kier molecular flexibility index (Phi) is 7.34. The molecule has 4 aromatic rings. The third kappa shape index (κ3) is 5.88. The SMILES string of the molecule is Cc1ccccc1C(=O)Oc1ccc(Br)cc1/C=N/NC(=O)COc1ccc2ccccc2c1. The summed E-state index contributed by atoms with van der Waals surface area (Å²) in [7, 11) is 0. The Balaban J connectivity index is 1.38. The number of fused-ring (bicyclic) bond motifs is 1. The maximum absolute atomic E-state index is 12.6. The molecular formula is C27H21BrN2O4. The third-order valence-corrected chi connectivity index (χ3v) is 5.52. The number of rotatable bonds is 7. The molecule has 0 saturated heterocycles. The Bertz CT molecular complexity index is 1380. The van der Waals surface area contributed by atoms with Crippen LogP contribution in [-0.2, 0) is 4.79 Å². The van der Waals surface area contributed by atoms with Gasteiger partial charge in [-0.25, -0.2) is 10.2 Å². The smallest absolute Gasteiger partial charge is 0.343 e. The van der Waals surface area contributed by atoms with Crippen molar-refractivity contribution in [3.8, 4) is 11.5 Å².